The maximum atomic E-state index is 12.7. The van der Waals surface area contributed by atoms with Crippen LogP contribution in [0.2, 0.25) is 0 Å². The fraction of sp³-hybridized carbons (Fsp3) is 0.529. The quantitative estimate of drug-likeness (QED) is 0.793. The molecule has 1 atom stereocenters. The van der Waals surface area contributed by atoms with Gasteiger partial charge in [-0.15, -0.1) is 0 Å². The fourth-order valence-electron chi connectivity index (χ4n) is 3.68. The zero-order valence-electron chi connectivity index (χ0n) is 15.1. The van der Waals surface area contributed by atoms with Gasteiger partial charge in [-0.1, -0.05) is 0 Å². The van der Waals surface area contributed by atoms with Gasteiger partial charge >= 0.3 is 0 Å². The summed E-state index contributed by atoms with van der Waals surface area (Å²) in [5, 5.41) is 7.30. The molecular formula is C17H23N5O3S2. The molecule has 0 saturated carbocycles. The SMILES string of the molecule is Cn1ncc2c1CCCC2NC(=O)c1cc(S(=O)(=O)N2CCSCC2)c[nH]1. The molecule has 0 spiro atoms. The molecule has 1 fully saturated rings. The van der Waals surface area contributed by atoms with Gasteiger partial charge < -0.3 is 10.3 Å². The van der Waals surface area contributed by atoms with Gasteiger partial charge in [-0.25, -0.2) is 8.42 Å². The number of fused-ring (bicyclic) bond motifs is 1. The first kappa shape index (κ1) is 18.6. The van der Waals surface area contributed by atoms with Crippen LogP contribution in [0.4, 0.5) is 0 Å². The molecule has 0 bridgehead atoms. The Morgan fingerprint density at radius 3 is 2.93 bits per heavy atom. The van der Waals surface area contributed by atoms with Crippen LogP contribution in [0, 0.1) is 0 Å². The second-order valence-corrected chi connectivity index (χ2v) is 10.0. The lowest BCUT2D eigenvalue weighted by molar-refractivity contribution is 0.0928. The van der Waals surface area contributed by atoms with Crippen LogP contribution in [0.25, 0.3) is 0 Å². The highest BCUT2D eigenvalue weighted by atomic mass is 32.2. The van der Waals surface area contributed by atoms with Crippen molar-refractivity contribution in [2.45, 2.75) is 30.2 Å². The van der Waals surface area contributed by atoms with Gasteiger partial charge in [-0.2, -0.15) is 21.2 Å². The molecular weight excluding hydrogens is 386 g/mol. The van der Waals surface area contributed by atoms with Crippen LogP contribution in [0.1, 0.15) is 40.6 Å². The van der Waals surface area contributed by atoms with Crippen molar-refractivity contribution in [1.29, 1.82) is 0 Å². The minimum Gasteiger partial charge on any atom is -0.356 e. The van der Waals surface area contributed by atoms with Crippen LogP contribution >= 0.6 is 11.8 Å². The number of thioether (sulfide) groups is 1. The molecule has 1 aliphatic heterocycles. The van der Waals surface area contributed by atoms with Crippen molar-refractivity contribution in [3.05, 3.63) is 35.4 Å². The number of nitrogens with one attached hydrogen (secondary N) is 2. The summed E-state index contributed by atoms with van der Waals surface area (Å²) in [6.07, 6.45) is 5.99. The second-order valence-electron chi connectivity index (χ2n) is 6.85. The number of hydrogen-bond acceptors (Lipinski definition) is 5. The zero-order valence-corrected chi connectivity index (χ0v) is 16.8. The molecule has 8 nitrogen and oxygen atoms in total. The molecule has 1 amide bonds. The first-order chi connectivity index (χ1) is 13.0. The van der Waals surface area contributed by atoms with Crippen molar-refractivity contribution in [2.24, 2.45) is 7.05 Å². The Morgan fingerprint density at radius 2 is 2.15 bits per heavy atom. The summed E-state index contributed by atoms with van der Waals surface area (Å²) in [7, 11) is -1.65. The highest BCUT2D eigenvalue weighted by molar-refractivity contribution is 7.99. The number of aromatic amines is 1. The first-order valence-electron chi connectivity index (χ1n) is 9.05. The van der Waals surface area contributed by atoms with Crippen molar-refractivity contribution in [1.82, 2.24) is 24.4 Å². The van der Waals surface area contributed by atoms with E-state index in [4.69, 9.17) is 0 Å². The van der Waals surface area contributed by atoms with Crippen LogP contribution in [0.5, 0.6) is 0 Å². The Hall–Kier alpha value is -1.78. The number of carbonyl (C=O) groups is 1. The summed E-state index contributed by atoms with van der Waals surface area (Å²) in [5.74, 6) is 1.30. The monoisotopic (exact) mass is 409 g/mol. The average molecular weight is 410 g/mol. The fourth-order valence-corrected chi connectivity index (χ4v) is 6.25. The predicted octanol–water partition coefficient (Wildman–Crippen LogP) is 1.29. The van der Waals surface area contributed by atoms with E-state index in [0.717, 1.165) is 42.0 Å². The normalized spacial score (nSPS) is 21.0. The van der Waals surface area contributed by atoms with Crippen LogP contribution in [-0.4, -0.2) is 58.0 Å². The molecule has 0 aromatic carbocycles. The summed E-state index contributed by atoms with van der Waals surface area (Å²) < 4.78 is 28.8. The number of aromatic nitrogens is 3. The molecule has 146 valence electrons. The molecule has 4 rings (SSSR count). The molecule has 2 aromatic rings. The topological polar surface area (TPSA) is 100 Å². The van der Waals surface area contributed by atoms with Crippen LogP contribution < -0.4 is 5.32 Å². The van der Waals surface area contributed by atoms with Crippen LogP contribution in [0.3, 0.4) is 0 Å². The molecule has 0 radical (unpaired) electrons. The van der Waals surface area contributed by atoms with Crippen molar-refractivity contribution in [3.8, 4) is 0 Å². The van der Waals surface area contributed by atoms with Gasteiger partial charge in [0.15, 0.2) is 0 Å². The Labute approximate surface area is 162 Å². The minimum atomic E-state index is -3.56. The Morgan fingerprint density at radius 1 is 1.37 bits per heavy atom. The van der Waals surface area contributed by atoms with Gasteiger partial charge in [0.25, 0.3) is 5.91 Å². The summed E-state index contributed by atoms with van der Waals surface area (Å²) in [4.78, 5) is 15.6. The van der Waals surface area contributed by atoms with E-state index in [2.05, 4.69) is 15.4 Å². The molecule has 2 N–H and O–H groups in total. The molecule has 2 aliphatic rings. The van der Waals surface area contributed by atoms with Gasteiger partial charge in [0.2, 0.25) is 10.0 Å². The number of carbonyl (C=O) groups excluding carboxylic acids is 1. The van der Waals surface area contributed by atoms with E-state index >= 15 is 0 Å². The lowest BCUT2D eigenvalue weighted by atomic mass is 9.93. The Kier molecular flexibility index (Phi) is 5.04. The van der Waals surface area contributed by atoms with Crippen molar-refractivity contribution >= 4 is 27.7 Å². The lowest BCUT2D eigenvalue weighted by Crippen LogP contribution is -2.37. The highest BCUT2D eigenvalue weighted by Gasteiger charge is 2.29. The Balaban J connectivity index is 1.49. The van der Waals surface area contributed by atoms with E-state index in [1.165, 1.54) is 16.6 Å². The smallest absolute Gasteiger partial charge is 0.268 e. The lowest BCUT2D eigenvalue weighted by Gasteiger charge is -2.25. The first-order valence-corrected chi connectivity index (χ1v) is 11.6. The van der Waals surface area contributed by atoms with Gasteiger partial charge in [-0.3, -0.25) is 9.48 Å². The summed E-state index contributed by atoms with van der Waals surface area (Å²) >= 11 is 1.75. The Bertz CT molecular complexity index is 944. The number of sulfonamides is 1. The summed E-state index contributed by atoms with van der Waals surface area (Å²) in [5.41, 5.74) is 2.45. The van der Waals surface area contributed by atoms with Crippen LogP contribution in [0.15, 0.2) is 23.4 Å². The van der Waals surface area contributed by atoms with Crippen LogP contribution in [-0.2, 0) is 23.5 Å². The van der Waals surface area contributed by atoms with E-state index in [1.54, 1.807) is 18.0 Å². The maximum absolute atomic E-state index is 12.7. The van der Waals surface area contributed by atoms with E-state index in [1.807, 2.05) is 11.7 Å². The number of H-pyrrole nitrogens is 1. The number of amides is 1. The number of aryl methyl sites for hydroxylation is 1. The van der Waals surface area contributed by atoms with Crippen molar-refractivity contribution < 1.29 is 13.2 Å². The summed E-state index contributed by atoms with van der Waals surface area (Å²) in [6, 6.07) is 1.33. The van der Waals surface area contributed by atoms with E-state index in [0.29, 0.717) is 13.1 Å². The molecule has 1 aliphatic carbocycles. The van der Waals surface area contributed by atoms with Gasteiger partial charge in [0.05, 0.1) is 12.2 Å². The van der Waals surface area contributed by atoms with Gasteiger partial charge in [-0.05, 0) is 25.3 Å². The van der Waals surface area contributed by atoms with E-state index < -0.39 is 10.0 Å². The largest absolute Gasteiger partial charge is 0.356 e. The highest BCUT2D eigenvalue weighted by Crippen LogP contribution is 2.29. The standard InChI is InChI=1S/C17H23N5O3S2/c1-21-16-4-2-3-14(13(16)11-19-21)20-17(23)15-9-12(10-18-15)27(24,25)22-5-7-26-8-6-22/h9-11,14,18H,2-8H2,1H3,(H,20,23). The number of nitrogens with zero attached hydrogens (tertiary/aromatic N) is 3. The van der Waals surface area contributed by atoms with Crippen molar-refractivity contribution in [2.75, 3.05) is 24.6 Å². The third-order valence-electron chi connectivity index (χ3n) is 5.19. The van der Waals surface area contributed by atoms with Gasteiger partial charge in [0.1, 0.15) is 10.6 Å². The van der Waals surface area contributed by atoms with E-state index in [-0.39, 0.29) is 22.5 Å². The molecule has 2 aromatic heterocycles. The molecule has 1 unspecified atom stereocenters. The predicted molar refractivity (Wildman–Crippen MR) is 103 cm³/mol. The number of hydrogen-bond donors (Lipinski definition) is 2. The molecule has 10 heteroatoms. The van der Waals surface area contributed by atoms with E-state index in [9.17, 15) is 13.2 Å². The number of rotatable bonds is 4. The molecule has 3 heterocycles. The zero-order chi connectivity index (χ0) is 19.0. The average Bonchev–Trinajstić information content (AvgIpc) is 3.31. The third-order valence-corrected chi connectivity index (χ3v) is 8.01. The van der Waals surface area contributed by atoms with Gasteiger partial charge in [0, 0.05) is 49.1 Å². The van der Waals surface area contributed by atoms with Crippen molar-refractivity contribution in [3.63, 3.8) is 0 Å². The second kappa shape index (κ2) is 7.33. The molecule has 27 heavy (non-hydrogen) atoms. The summed E-state index contributed by atoms with van der Waals surface area (Å²) in [6.45, 7) is 1.01. The maximum Gasteiger partial charge on any atom is 0.268 e. The third kappa shape index (κ3) is 3.53. The molecule has 1 saturated heterocycles. The minimum absolute atomic E-state index is 0.0996.